The van der Waals surface area contributed by atoms with Crippen LogP contribution in [0.25, 0.3) is 0 Å². The number of nitrogens with two attached hydrogens (primary N) is 1. The summed E-state index contributed by atoms with van der Waals surface area (Å²) in [7, 11) is 0. The van der Waals surface area contributed by atoms with Crippen LogP contribution in [0.3, 0.4) is 0 Å². The number of anilines is 1. The summed E-state index contributed by atoms with van der Waals surface area (Å²) >= 11 is 0. The van der Waals surface area contributed by atoms with Crippen molar-refractivity contribution in [1.82, 2.24) is 0 Å². The van der Waals surface area contributed by atoms with Crippen molar-refractivity contribution < 1.29 is 18.0 Å². The lowest BCUT2D eigenvalue weighted by molar-refractivity contribution is -0.137. The molecule has 6 heteroatoms. The van der Waals surface area contributed by atoms with Gasteiger partial charge in [-0.2, -0.15) is 13.2 Å². The summed E-state index contributed by atoms with van der Waals surface area (Å²) in [4.78, 5) is 13.2. The van der Waals surface area contributed by atoms with Gasteiger partial charge in [0, 0.05) is 18.8 Å². The summed E-state index contributed by atoms with van der Waals surface area (Å²) < 4.78 is 37.7. The number of halogens is 3. The molecule has 1 saturated heterocycles. The topological polar surface area (TPSA) is 46.3 Å². The van der Waals surface area contributed by atoms with Gasteiger partial charge in [0.15, 0.2) is 0 Å². The highest BCUT2D eigenvalue weighted by atomic mass is 19.4. The van der Waals surface area contributed by atoms with Crippen molar-refractivity contribution in [1.29, 1.82) is 0 Å². The molecule has 1 fully saturated rings. The van der Waals surface area contributed by atoms with Crippen LogP contribution in [0.2, 0.25) is 0 Å². The molecule has 0 atom stereocenters. The zero-order valence-corrected chi connectivity index (χ0v) is 9.63. The van der Waals surface area contributed by atoms with Gasteiger partial charge in [0.25, 0.3) is 5.91 Å². The Labute approximate surface area is 102 Å². The van der Waals surface area contributed by atoms with E-state index in [-0.39, 0.29) is 5.56 Å². The average molecular weight is 258 g/mol. The fourth-order valence-electron chi connectivity index (χ4n) is 2.14. The molecule has 0 saturated carbocycles. The SMILES string of the molecule is NC(=O)c1cc(C(F)(F)F)ccc1N1CCCC1. The van der Waals surface area contributed by atoms with Crippen LogP contribution in [-0.2, 0) is 6.18 Å². The Bertz CT molecular complexity index is 465. The molecule has 98 valence electrons. The number of carbonyl (C=O) groups excluding carboxylic acids is 1. The maximum Gasteiger partial charge on any atom is 0.416 e. The Morgan fingerprint density at radius 2 is 1.83 bits per heavy atom. The fourth-order valence-corrected chi connectivity index (χ4v) is 2.14. The van der Waals surface area contributed by atoms with Gasteiger partial charge in [0.05, 0.1) is 11.1 Å². The van der Waals surface area contributed by atoms with Gasteiger partial charge in [0.2, 0.25) is 0 Å². The van der Waals surface area contributed by atoms with Gasteiger partial charge in [0.1, 0.15) is 0 Å². The molecule has 0 unspecified atom stereocenters. The zero-order chi connectivity index (χ0) is 13.3. The highest BCUT2D eigenvalue weighted by Crippen LogP contribution is 2.33. The van der Waals surface area contributed by atoms with Gasteiger partial charge in [-0.15, -0.1) is 0 Å². The Morgan fingerprint density at radius 1 is 1.22 bits per heavy atom. The molecular formula is C12H13F3N2O. The van der Waals surface area contributed by atoms with E-state index in [9.17, 15) is 18.0 Å². The van der Waals surface area contributed by atoms with Crippen LogP contribution in [0.15, 0.2) is 18.2 Å². The first-order valence-electron chi connectivity index (χ1n) is 5.65. The molecule has 0 aromatic heterocycles. The molecule has 0 aliphatic carbocycles. The van der Waals surface area contributed by atoms with Crippen LogP contribution >= 0.6 is 0 Å². The van der Waals surface area contributed by atoms with Crippen molar-refractivity contribution in [3.05, 3.63) is 29.3 Å². The van der Waals surface area contributed by atoms with E-state index in [2.05, 4.69) is 0 Å². The largest absolute Gasteiger partial charge is 0.416 e. The summed E-state index contributed by atoms with van der Waals surface area (Å²) in [6.45, 7) is 1.48. The fraction of sp³-hybridized carbons (Fsp3) is 0.417. The maximum atomic E-state index is 12.6. The molecule has 1 aromatic rings. The second kappa shape index (κ2) is 4.51. The van der Waals surface area contributed by atoms with E-state index < -0.39 is 17.6 Å². The Morgan fingerprint density at radius 3 is 2.33 bits per heavy atom. The first kappa shape index (κ1) is 12.7. The average Bonchev–Trinajstić information content (AvgIpc) is 2.80. The number of hydrogen-bond donors (Lipinski definition) is 1. The number of rotatable bonds is 2. The smallest absolute Gasteiger partial charge is 0.371 e. The van der Waals surface area contributed by atoms with Gasteiger partial charge < -0.3 is 10.6 Å². The molecule has 3 nitrogen and oxygen atoms in total. The molecule has 0 bridgehead atoms. The van der Waals surface area contributed by atoms with Crippen molar-refractivity contribution in [2.24, 2.45) is 5.73 Å². The first-order chi connectivity index (χ1) is 8.39. The molecular weight excluding hydrogens is 245 g/mol. The van der Waals surface area contributed by atoms with Crippen LogP contribution in [-0.4, -0.2) is 19.0 Å². The van der Waals surface area contributed by atoms with Crippen LogP contribution < -0.4 is 10.6 Å². The third-order valence-electron chi connectivity index (χ3n) is 3.04. The van der Waals surface area contributed by atoms with Crippen molar-refractivity contribution in [2.45, 2.75) is 19.0 Å². The molecule has 0 spiro atoms. The van der Waals surface area contributed by atoms with Crippen molar-refractivity contribution >= 4 is 11.6 Å². The molecule has 1 heterocycles. The predicted octanol–water partition coefficient (Wildman–Crippen LogP) is 2.40. The Balaban J connectivity index is 2.44. The third kappa shape index (κ3) is 2.42. The van der Waals surface area contributed by atoms with Gasteiger partial charge in [-0.05, 0) is 31.0 Å². The van der Waals surface area contributed by atoms with E-state index in [1.165, 1.54) is 6.07 Å². The van der Waals surface area contributed by atoms with Crippen LogP contribution in [0.5, 0.6) is 0 Å². The van der Waals surface area contributed by atoms with Crippen LogP contribution in [0.4, 0.5) is 18.9 Å². The molecule has 1 aliphatic rings. The molecule has 1 amide bonds. The van der Waals surface area contributed by atoms with E-state index in [1.807, 2.05) is 4.90 Å². The molecule has 2 N–H and O–H groups in total. The summed E-state index contributed by atoms with van der Waals surface area (Å²) in [5, 5.41) is 0. The zero-order valence-electron chi connectivity index (χ0n) is 9.63. The van der Waals surface area contributed by atoms with Crippen molar-refractivity contribution in [3.8, 4) is 0 Å². The number of carbonyl (C=O) groups is 1. The summed E-state index contributed by atoms with van der Waals surface area (Å²) in [5.41, 5.74) is 4.74. The van der Waals surface area contributed by atoms with Gasteiger partial charge >= 0.3 is 6.18 Å². The van der Waals surface area contributed by atoms with Gasteiger partial charge in [-0.1, -0.05) is 0 Å². The number of nitrogens with zero attached hydrogens (tertiary/aromatic N) is 1. The van der Waals surface area contributed by atoms with Gasteiger partial charge in [-0.3, -0.25) is 4.79 Å². The third-order valence-corrected chi connectivity index (χ3v) is 3.04. The van der Waals surface area contributed by atoms with Crippen molar-refractivity contribution in [3.63, 3.8) is 0 Å². The number of primary amides is 1. The number of amides is 1. The second-order valence-electron chi connectivity index (χ2n) is 4.29. The lowest BCUT2D eigenvalue weighted by Crippen LogP contribution is -2.23. The molecule has 0 radical (unpaired) electrons. The predicted molar refractivity (Wildman–Crippen MR) is 61.4 cm³/mol. The monoisotopic (exact) mass is 258 g/mol. The van der Waals surface area contributed by atoms with Crippen LogP contribution in [0, 0.1) is 0 Å². The van der Waals surface area contributed by atoms with Gasteiger partial charge in [-0.25, -0.2) is 0 Å². The number of hydrogen-bond acceptors (Lipinski definition) is 2. The molecule has 18 heavy (non-hydrogen) atoms. The standard InChI is InChI=1S/C12H13F3N2O/c13-12(14,15)8-3-4-10(9(7-8)11(16)18)17-5-1-2-6-17/h3-4,7H,1-2,5-6H2,(H2,16,18). The minimum absolute atomic E-state index is 0.0632. The minimum Gasteiger partial charge on any atom is -0.371 e. The summed E-state index contributed by atoms with van der Waals surface area (Å²) in [6.07, 6.45) is -2.52. The summed E-state index contributed by atoms with van der Waals surface area (Å²) in [5.74, 6) is -0.831. The quantitative estimate of drug-likeness (QED) is 0.885. The Hall–Kier alpha value is -1.72. The van der Waals surface area contributed by atoms with E-state index in [0.717, 1.165) is 38.1 Å². The van der Waals surface area contributed by atoms with Crippen molar-refractivity contribution in [2.75, 3.05) is 18.0 Å². The van der Waals surface area contributed by atoms with E-state index in [4.69, 9.17) is 5.73 Å². The van der Waals surface area contributed by atoms with E-state index in [0.29, 0.717) is 5.69 Å². The van der Waals surface area contributed by atoms with Crippen LogP contribution in [0.1, 0.15) is 28.8 Å². The maximum absolute atomic E-state index is 12.6. The van der Waals surface area contributed by atoms with E-state index >= 15 is 0 Å². The lowest BCUT2D eigenvalue weighted by Gasteiger charge is -2.21. The highest BCUT2D eigenvalue weighted by molar-refractivity contribution is 5.99. The normalized spacial score (nSPS) is 16.1. The highest BCUT2D eigenvalue weighted by Gasteiger charge is 2.32. The molecule has 1 aromatic carbocycles. The summed E-state index contributed by atoms with van der Waals surface area (Å²) in [6, 6.07) is 3.14. The number of alkyl halides is 3. The Kier molecular flexibility index (Phi) is 3.19. The van der Waals surface area contributed by atoms with E-state index in [1.54, 1.807) is 0 Å². The molecule has 1 aliphatic heterocycles. The minimum atomic E-state index is -4.46. The number of benzene rings is 1. The first-order valence-corrected chi connectivity index (χ1v) is 5.65. The lowest BCUT2D eigenvalue weighted by atomic mass is 10.1. The second-order valence-corrected chi connectivity index (χ2v) is 4.29. The molecule has 2 rings (SSSR count).